The Balaban J connectivity index is 1.89. The highest BCUT2D eigenvalue weighted by molar-refractivity contribution is 8.00. The van der Waals surface area contributed by atoms with Gasteiger partial charge < -0.3 is 15.2 Å². The third-order valence-electron chi connectivity index (χ3n) is 3.28. The van der Waals surface area contributed by atoms with Crippen molar-refractivity contribution in [3.63, 3.8) is 0 Å². The first-order valence-corrected chi connectivity index (χ1v) is 7.55. The standard InChI is InChI=1S/C14H17N3O2S/c1-17-14(15)6-11(16-17)9-3-4-12(13(5-9)18-2)19-10-7-20-8-10/h3-6,10H,7-8,15H2,1-2H3. The average Bonchev–Trinajstić information content (AvgIpc) is 2.74. The summed E-state index contributed by atoms with van der Waals surface area (Å²) >= 11 is 1.89. The van der Waals surface area contributed by atoms with E-state index < -0.39 is 0 Å². The summed E-state index contributed by atoms with van der Waals surface area (Å²) in [6, 6.07) is 7.69. The maximum Gasteiger partial charge on any atom is 0.161 e. The predicted molar refractivity (Wildman–Crippen MR) is 81.3 cm³/mol. The van der Waals surface area contributed by atoms with Crippen LogP contribution in [0.25, 0.3) is 11.3 Å². The largest absolute Gasteiger partial charge is 0.493 e. The molecule has 0 aliphatic carbocycles. The number of nitrogens with zero attached hydrogens (tertiary/aromatic N) is 2. The Labute approximate surface area is 122 Å². The Kier molecular flexibility index (Phi) is 3.48. The van der Waals surface area contributed by atoms with Gasteiger partial charge in [0, 0.05) is 30.2 Å². The topological polar surface area (TPSA) is 62.3 Å². The van der Waals surface area contributed by atoms with Gasteiger partial charge in [-0.2, -0.15) is 16.9 Å². The van der Waals surface area contributed by atoms with E-state index in [9.17, 15) is 0 Å². The van der Waals surface area contributed by atoms with Crippen LogP contribution in [-0.2, 0) is 7.05 Å². The van der Waals surface area contributed by atoms with Crippen LogP contribution in [0, 0.1) is 0 Å². The van der Waals surface area contributed by atoms with Crippen LogP contribution in [0.5, 0.6) is 11.5 Å². The van der Waals surface area contributed by atoms with Crippen molar-refractivity contribution in [1.82, 2.24) is 9.78 Å². The maximum absolute atomic E-state index is 5.90. The molecule has 0 spiro atoms. The minimum Gasteiger partial charge on any atom is -0.493 e. The molecule has 2 heterocycles. The van der Waals surface area contributed by atoms with Crippen LogP contribution in [0.3, 0.4) is 0 Å². The zero-order valence-corrected chi connectivity index (χ0v) is 12.3. The number of rotatable bonds is 4. The number of thioether (sulfide) groups is 1. The van der Waals surface area contributed by atoms with Gasteiger partial charge in [0.15, 0.2) is 11.5 Å². The predicted octanol–water partition coefficient (Wildman–Crippen LogP) is 2.17. The lowest BCUT2D eigenvalue weighted by Gasteiger charge is -2.26. The van der Waals surface area contributed by atoms with E-state index in [1.807, 2.05) is 43.1 Å². The summed E-state index contributed by atoms with van der Waals surface area (Å²) in [6.07, 6.45) is 0.297. The second kappa shape index (κ2) is 5.28. The van der Waals surface area contributed by atoms with Crippen molar-refractivity contribution in [1.29, 1.82) is 0 Å². The molecule has 1 fully saturated rings. The molecule has 106 valence electrons. The van der Waals surface area contributed by atoms with Crippen molar-refractivity contribution in [2.24, 2.45) is 7.05 Å². The normalized spacial score (nSPS) is 14.9. The summed E-state index contributed by atoms with van der Waals surface area (Å²) in [5.41, 5.74) is 7.60. The number of methoxy groups -OCH3 is 1. The Morgan fingerprint density at radius 3 is 2.65 bits per heavy atom. The molecule has 0 bridgehead atoms. The van der Waals surface area contributed by atoms with Crippen molar-refractivity contribution >= 4 is 17.6 Å². The second-order valence-corrected chi connectivity index (χ2v) is 5.80. The minimum absolute atomic E-state index is 0.297. The van der Waals surface area contributed by atoms with E-state index in [2.05, 4.69) is 5.10 Å². The van der Waals surface area contributed by atoms with Gasteiger partial charge in [-0.25, -0.2) is 0 Å². The molecule has 20 heavy (non-hydrogen) atoms. The molecule has 0 radical (unpaired) electrons. The van der Waals surface area contributed by atoms with Crippen LogP contribution >= 0.6 is 11.8 Å². The van der Waals surface area contributed by atoms with Gasteiger partial charge >= 0.3 is 0 Å². The number of anilines is 1. The Hall–Kier alpha value is -1.82. The van der Waals surface area contributed by atoms with Gasteiger partial charge in [0.2, 0.25) is 0 Å². The first-order chi connectivity index (χ1) is 9.67. The summed E-state index contributed by atoms with van der Waals surface area (Å²) < 4.78 is 13.0. The highest BCUT2D eigenvalue weighted by Gasteiger charge is 2.21. The number of benzene rings is 1. The van der Waals surface area contributed by atoms with E-state index in [1.165, 1.54) is 0 Å². The van der Waals surface area contributed by atoms with E-state index in [0.717, 1.165) is 34.3 Å². The van der Waals surface area contributed by atoms with Gasteiger partial charge in [0.1, 0.15) is 11.9 Å². The molecule has 1 aliphatic rings. The first-order valence-electron chi connectivity index (χ1n) is 6.39. The van der Waals surface area contributed by atoms with Gasteiger partial charge in [0.05, 0.1) is 12.8 Å². The fourth-order valence-corrected chi connectivity index (χ4v) is 2.57. The molecule has 0 amide bonds. The van der Waals surface area contributed by atoms with Crippen LogP contribution < -0.4 is 15.2 Å². The van der Waals surface area contributed by atoms with Crippen molar-refractivity contribution in [3.05, 3.63) is 24.3 Å². The lowest BCUT2D eigenvalue weighted by Crippen LogP contribution is -2.31. The average molecular weight is 291 g/mol. The van der Waals surface area contributed by atoms with Gasteiger partial charge in [-0.1, -0.05) is 0 Å². The number of aromatic nitrogens is 2. The highest BCUT2D eigenvalue weighted by Crippen LogP contribution is 2.35. The number of aryl methyl sites for hydroxylation is 1. The van der Waals surface area contributed by atoms with Gasteiger partial charge in [-0.15, -0.1) is 0 Å². The molecule has 0 saturated carbocycles. The van der Waals surface area contributed by atoms with Gasteiger partial charge in [-0.05, 0) is 18.2 Å². The highest BCUT2D eigenvalue weighted by atomic mass is 32.2. The van der Waals surface area contributed by atoms with Crippen molar-refractivity contribution in [2.75, 3.05) is 24.3 Å². The van der Waals surface area contributed by atoms with E-state index >= 15 is 0 Å². The third-order valence-corrected chi connectivity index (χ3v) is 4.49. The number of nitrogens with two attached hydrogens (primary N) is 1. The fourth-order valence-electron chi connectivity index (χ4n) is 2.01. The summed E-state index contributed by atoms with van der Waals surface area (Å²) in [5, 5.41) is 4.37. The third kappa shape index (κ3) is 2.43. The maximum atomic E-state index is 5.90. The van der Waals surface area contributed by atoms with Crippen molar-refractivity contribution in [3.8, 4) is 22.8 Å². The first kappa shape index (κ1) is 13.2. The minimum atomic E-state index is 0.297. The molecule has 1 aromatic carbocycles. The molecule has 2 aromatic rings. The Morgan fingerprint density at radius 2 is 2.10 bits per heavy atom. The molecular weight excluding hydrogens is 274 g/mol. The molecule has 5 nitrogen and oxygen atoms in total. The lowest BCUT2D eigenvalue weighted by atomic mass is 10.1. The van der Waals surface area contributed by atoms with Gasteiger partial charge in [-0.3, -0.25) is 4.68 Å². The Morgan fingerprint density at radius 1 is 1.30 bits per heavy atom. The van der Waals surface area contributed by atoms with Crippen LogP contribution in [0.2, 0.25) is 0 Å². The number of hydrogen-bond acceptors (Lipinski definition) is 5. The number of hydrogen-bond donors (Lipinski definition) is 1. The van der Waals surface area contributed by atoms with E-state index in [1.54, 1.807) is 11.8 Å². The van der Waals surface area contributed by atoms with Crippen molar-refractivity contribution < 1.29 is 9.47 Å². The van der Waals surface area contributed by atoms with Crippen LogP contribution in [0.15, 0.2) is 24.3 Å². The fraction of sp³-hybridized carbons (Fsp3) is 0.357. The lowest BCUT2D eigenvalue weighted by molar-refractivity contribution is 0.228. The molecule has 0 atom stereocenters. The van der Waals surface area contributed by atoms with E-state index in [4.69, 9.17) is 15.2 Å². The number of nitrogen functional groups attached to an aromatic ring is 1. The van der Waals surface area contributed by atoms with E-state index in [0.29, 0.717) is 11.9 Å². The summed E-state index contributed by atoms with van der Waals surface area (Å²) in [6.45, 7) is 0. The zero-order valence-electron chi connectivity index (χ0n) is 11.5. The van der Waals surface area contributed by atoms with Gasteiger partial charge in [0.25, 0.3) is 0 Å². The zero-order chi connectivity index (χ0) is 14.1. The van der Waals surface area contributed by atoms with Crippen LogP contribution in [-0.4, -0.2) is 34.5 Å². The summed E-state index contributed by atoms with van der Waals surface area (Å²) in [4.78, 5) is 0. The van der Waals surface area contributed by atoms with E-state index in [-0.39, 0.29) is 0 Å². The second-order valence-electron chi connectivity index (χ2n) is 4.72. The number of ether oxygens (including phenoxy) is 2. The van der Waals surface area contributed by atoms with Crippen LogP contribution in [0.4, 0.5) is 5.82 Å². The summed E-state index contributed by atoms with van der Waals surface area (Å²) in [5.74, 6) is 4.23. The quantitative estimate of drug-likeness (QED) is 0.935. The Bertz CT molecular complexity index is 603. The molecule has 3 rings (SSSR count). The molecule has 1 aromatic heterocycles. The monoisotopic (exact) mass is 291 g/mol. The SMILES string of the molecule is COc1cc(-c2cc(N)n(C)n2)ccc1OC1CSC1. The molecule has 2 N–H and O–H groups in total. The molecule has 1 aliphatic heterocycles. The molecule has 6 heteroatoms. The van der Waals surface area contributed by atoms with Crippen LogP contribution in [0.1, 0.15) is 0 Å². The molecular formula is C14H17N3O2S. The molecule has 0 unspecified atom stereocenters. The smallest absolute Gasteiger partial charge is 0.161 e. The van der Waals surface area contributed by atoms with Crippen molar-refractivity contribution in [2.45, 2.75) is 6.10 Å². The summed E-state index contributed by atoms with van der Waals surface area (Å²) in [7, 11) is 3.47. The molecule has 1 saturated heterocycles.